The first-order valence-corrected chi connectivity index (χ1v) is 6.90. The van der Waals surface area contributed by atoms with Crippen LogP contribution in [0, 0.1) is 11.8 Å². The van der Waals surface area contributed by atoms with E-state index in [0.29, 0.717) is 18.3 Å². The summed E-state index contributed by atoms with van der Waals surface area (Å²) in [5, 5.41) is 0. The summed E-state index contributed by atoms with van der Waals surface area (Å²) in [6.45, 7) is 7.83. The molecule has 0 N–H and O–H groups in total. The van der Waals surface area contributed by atoms with Crippen molar-refractivity contribution in [1.82, 2.24) is 0 Å². The fraction of sp³-hybridized carbons (Fsp3) is 1.00. The predicted molar refractivity (Wildman–Crippen MR) is 65.5 cm³/mol. The van der Waals surface area contributed by atoms with E-state index in [0.717, 1.165) is 24.9 Å². The van der Waals surface area contributed by atoms with Gasteiger partial charge in [0.25, 0.3) is 0 Å². The third-order valence-electron chi connectivity index (χ3n) is 3.98. The van der Waals surface area contributed by atoms with Crippen LogP contribution in [0.4, 0.5) is 0 Å². The molecule has 0 aromatic heterocycles. The Morgan fingerprint density at radius 1 is 0.938 bits per heavy atom. The molecule has 0 saturated carbocycles. The molecule has 3 unspecified atom stereocenters. The minimum absolute atomic E-state index is 0.439. The molecule has 94 valence electrons. The van der Waals surface area contributed by atoms with Crippen molar-refractivity contribution in [3.63, 3.8) is 0 Å². The second kappa shape index (κ2) is 5.50. The SMILES string of the molecule is CC1C[C@@H](C)CC(CC2C[C@@H](C)CCO2)O1. The highest BCUT2D eigenvalue weighted by Crippen LogP contribution is 2.30. The van der Waals surface area contributed by atoms with E-state index in [1.54, 1.807) is 0 Å². The van der Waals surface area contributed by atoms with Gasteiger partial charge in [-0.1, -0.05) is 13.8 Å². The summed E-state index contributed by atoms with van der Waals surface area (Å²) in [7, 11) is 0. The van der Waals surface area contributed by atoms with Gasteiger partial charge in [-0.25, -0.2) is 0 Å². The first kappa shape index (κ1) is 12.4. The van der Waals surface area contributed by atoms with Crippen molar-refractivity contribution in [2.45, 2.75) is 71.2 Å². The van der Waals surface area contributed by atoms with Crippen LogP contribution in [0.1, 0.15) is 52.9 Å². The second-order valence-corrected chi connectivity index (χ2v) is 6.00. The van der Waals surface area contributed by atoms with E-state index in [2.05, 4.69) is 20.8 Å². The van der Waals surface area contributed by atoms with E-state index in [1.807, 2.05) is 0 Å². The van der Waals surface area contributed by atoms with Crippen molar-refractivity contribution in [2.24, 2.45) is 11.8 Å². The van der Waals surface area contributed by atoms with Crippen LogP contribution < -0.4 is 0 Å². The Balaban J connectivity index is 1.79. The zero-order chi connectivity index (χ0) is 11.5. The van der Waals surface area contributed by atoms with Gasteiger partial charge in [-0.15, -0.1) is 0 Å². The minimum atomic E-state index is 0.439. The fourth-order valence-electron chi connectivity index (χ4n) is 3.23. The largest absolute Gasteiger partial charge is 0.378 e. The Morgan fingerprint density at radius 2 is 1.69 bits per heavy atom. The molecule has 0 aromatic rings. The van der Waals surface area contributed by atoms with Gasteiger partial charge in [0.15, 0.2) is 0 Å². The molecule has 0 aliphatic carbocycles. The quantitative estimate of drug-likeness (QED) is 0.718. The monoisotopic (exact) mass is 226 g/mol. The standard InChI is InChI=1S/C14H26O2/c1-10-4-5-15-13(7-10)9-14-8-11(2)6-12(3)16-14/h10-14H,4-9H2,1-3H3/t10-,11+,12?,13?,14?/m0/s1. The van der Waals surface area contributed by atoms with Crippen LogP contribution in [0.3, 0.4) is 0 Å². The van der Waals surface area contributed by atoms with Crippen LogP contribution in [-0.4, -0.2) is 24.9 Å². The van der Waals surface area contributed by atoms with E-state index in [1.165, 1.54) is 25.7 Å². The lowest BCUT2D eigenvalue weighted by molar-refractivity contribution is -0.0969. The second-order valence-electron chi connectivity index (χ2n) is 6.00. The van der Waals surface area contributed by atoms with Gasteiger partial charge in [-0.05, 0) is 50.9 Å². The number of rotatable bonds is 2. The molecule has 2 aliphatic heterocycles. The summed E-state index contributed by atoms with van der Waals surface area (Å²) in [5.41, 5.74) is 0. The Morgan fingerprint density at radius 3 is 2.38 bits per heavy atom. The van der Waals surface area contributed by atoms with Crippen molar-refractivity contribution < 1.29 is 9.47 Å². The first-order chi connectivity index (χ1) is 7.63. The molecule has 2 rings (SSSR count). The van der Waals surface area contributed by atoms with Crippen LogP contribution in [-0.2, 0) is 9.47 Å². The van der Waals surface area contributed by atoms with Gasteiger partial charge in [-0.3, -0.25) is 0 Å². The van der Waals surface area contributed by atoms with Crippen LogP contribution in [0.2, 0.25) is 0 Å². The van der Waals surface area contributed by atoms with E-state index in [-0.39, 0.29) is 0 Å². The molecule has 2 heterocycles. The normalized spacial score (nSPS) is 45.6. The fourth-order valence-corrected chi connectivity index (χ4v) is 3.23. The zero-order valence-corrected chi connectivity index (χ0v) is 10.9. The average molecular weight is 226 g/mol. The van der Waals surface area contributed by atoms with Crippen molar-refractivity contribution in [3.8, 4) is 0 Å². The maximum Gasteiger partial charge on any atom is 0.0606 e. The van der Waals surface area contributed by atoms with Crippen molar-refractivity contribution in [1.29, 1.82) is 0 Å². The summed E-state index contributed by atoms with van der Waals surface area (Å²) in [4.78, 5) is 0. The summed E-state index contributed by atoms with van der Waals surface area (Å²) in [6, 6.07) is 0. The molecule has 0 aromatic carbocycles. The van der Waals surface area contributed by atoms with Gasteiger partial charge in [0.1, 0.15) is 0 Å². The molecular formula is C14H26O2. The summed E-state index contributed by atoms with van der Waals surface area (Å²) in [6.07, 6.45) is 7.34. The van der Waals surface area contributed by atoms with E-state index in [9.17, 15) is 0 Å². The maximum absolute atomic E-state index is 6.01. The van der Waals surface area contributed by atoms with Gasteiger partial charge in [-0.2, -0.15) is 0 Å². The summed E-state index contributed by atoms with van der Waals surface area (Å²) >= 11 is 0. The molecule has 0 amide bonds. The van der Waals surface area contributed by atoms with Gasteiger partial charge in [0.2, 0.25) is 0 Å². The highest BCUT2D eigenvalue weighted by molar-refractivity contribution is 4.78. The minimum Gasteiger partial charge on any atom is -0.378 e. The molecule has 2 saturated heterocycles. The third kappa shape index (κ3) is 3.46. The number of hydrogen-bond acceptors (Lipinski definition) is 2. The van der Waals surface area contributed by atoms with Crippen LogP contribution >= 0.6 is 0 Å². The lowest BCUT2D eigenvalue weighted by Crippen LogP contribution is -2.35. The van der Waals surface area contributed by atoms with Crippen molar-refractivity contribution >= 4 is 0 Å². The van der Waals surface area contributed by atoms with E-state index < -0.39 is 0 Å². The summed E-state index contributed by atoms with van der Waals surface area (Å²) in [5.74, 6) is 1.65. The maximum atomic E-state index is 6.01. The topological polar surface area (TPSA) is 18.5 Å². The van der Waals surface area contributed by atoms with Gasteiger partial charge >= 0.3 is 0 Å². The smallest absolute Gasteiger partial charge is 0.0606 e. The zero-order valence-electron chi connectivity index (χ0n) is 10.9. The van der Waals surface area contributed by atoms with Crippen molar-refractivity contribution in [3.05, 3.63) is 0 Å². The molecule has 2 nitrogen and oxygen atoms in total. The Hall–Kier alpha value is -0.0800. The number of hydrogen-bond donors (Lipinski definition) is 0. The van der Waals surface area contributed by atoms with E-state index >= 15 is 0 Å². The van der Waals surface area contributed by atoms with Crippen molar-refractivity contribution in [2.75, 3.05) is 6.61 Å². The molecule has 0 bridgehead atoms. The molecule has 0 spiro atoms. The van der Waals surface area contributed by atoms with Crippen LogP contribution in [0.15, 0.2) is 0 Å². The third-order valence-corrected chi connectivity index (χ3v) is 3.98. The van der Waals surface area contributed by atoms with Crippen LogP contribution in [0.5, 0.6) is 0 Å². The molecule has 2 fully saturated rings. The highest BCUT2D eigenvalue weighted by atomic mass is 16.5. The molecule has 5 atom stereocenters. The lowest BCUT2D eigenvalue weighted by Gasteiger charge is -2.36. The number of ether oxygens (including phenoxy) is 2. The highest BCUT2D eigenvalue weighted by Gasteiger charge is 2.29. The van der Waals surface area contributed by atoms with Crippen LogP contribution in [0.25, 0.3) is 0 Å². The molecular weight excluding hydrogens is 200 g/mol. The molecule has 2 heteroatoms. The molecule has 16 heavy (non-hydrogen) atoms. The average Bonchev–Trinajstić information content (AvgIpc) is 2.15. The first-order valence-electron chi connectivity index (χ1n) is 6.90. The predicted octanol–water partition coefficient (Wildman–Crippen LogP) is 3.40. The Labute approximate surface area is 99.7 Å². The van der Waals surface area contributed by atoms with E-state index in [4.69, 9.17) is 9.47 Å². The Kier molecular flexibility index (Phi) is 4.26. The lowest BCUT2D eigenvalue weighted by atomic mass is 9.88. The van der Waals surface area contributed by atoms with Gasteiger partial charge in [0, 0.05) is 6.61 Å². The van der Waals surface area contributed by atoms with Gasteiger partial charge < -0.3 is 9.47 Å². The Bertz CT molecular complexity index is 207. The molecule has 2 aliphatic rings. The van der Waals surface area contributed by atoms with Gasteiger partial charge in [0.05, 0.1) is 18.3 Å². The molecule has 0 radical (unpaired) electrons. The summed E-state index contributed by atoms with van der Waals surface area (Å²) < 4.78 is 11.9.